The van der Waals surface area contributed by atoms with E-state index in [2.05, 4.69) is 31.3 Å². The average molecular weight is 250 g/mol. The van der Waals surface area contributed by atoms with E-state index in [4.69, 9.17) is 10.5 Å². The highest BCUT2D eigenvalue weighted by molar-refractivity contribution is 5.29. The van der Waals surface area contributed by atoms with Gasteiger partial charge in [0.2, 0.25) is 0 Å². The molecular formula is C15H26N2O. The van der Waals surface area contributed by atoms with Gasteiger partial charge >= 0.3 is 0 Å². The van der Waals surface area contributed by atoms with Gasteiger partial charge in [-0.3, -0.25) is 0 Å². The van der Waals surface area contributed by atoms with E-state index in [1.165, 1.54) is 18.4 Å². The Balaban J connectivity index is 2.58. The second-order valence-corrected chi connectivity index (χ2v) is 4.65. The molecule has 1 rings (SSSR count). The lowest BCUT2D eigenvalue weighted by Gasteiger charge is -2.21. The van der Waals surface area contributed by atoms with Crippen molar-refractivity contribution in [3.05, 3.63) is 29.8 Å². The summed E-state index contributed by atoms with van der Waals surface area (Å²) < 4.78 is 5.16. The molecule has 1 unspecified atom stereocenters. The first-order valence-corrected chi connectivity index (χ1v) is 6.82. The first kappa shape index (κ1) is 15.0. The minimum Gasteiger partial charge on any atom is -0.497 e. The van der Waals surface area contributed by atoms with Gasteiger partial charge < -0.3 is 15.8 Å². The monoisotopic (exact) mass is 250 g/mol. The summed E-state index contributed by atoms with van der Waals surface area (Å²) >= 11 is 0. The molecule has 0 bridgehead atoms. The molecule has 3 N–H and O–H groups in total. The van der Waals surface area contributed by atoms with Crippen LogP contribution in [0.5, 0.6) is 5.75 Å². The van der Waals surface area contributed by atoms with Crippen LogP contribution in [0, 0.1) is 5.92 Å². The third-order valence-corrected chi connectivity index (χ3v) is 3.56. The fraction of sp³-hybridized carbons (Fsp3) is 0.600. The number of ether oxygens (including phenoxy) is 1. The number of methoxy groups -OCH3 is 1. The molecule has 0 radical (unpaired) electrons. The minimum atomic E-state index is 0.233. The summed E-state index contributed by atoms with van der Waals surface area (Å²) in [5, 5.41) is 3.56. The van der Waals surface area contributed by atoms with Crippen molar-refractivity contribution < 1.29 is 4.74 Å². The Morgan fingerprint density at radius 2 is 1.78 bits per heavy atom. The van der Waals surface area contributed by atoms with Gasteiger partial charge in [-0.25, -0.2) is 0 Å². The molecule has 0 aliphatic carbocycles. The minimum absolute atomic E-state index is 0.233. The van der Waals surface area contributed by atoms with Crippen LogP contribution in [0.3, 0.4) is 0 Å². The van der Waals surface area contributed by atoms with Gasteiger partial charge in [0.1, 0.15) is 5.75 Å². The van der Waals surface area contributed by atoms with Gasteiger partial charge in [-0.15, -0.1) is 0 Å². The molecule has 0 fully saturated rings. The smallest absolute Gasteiger partial charge is 0.118 e. The van der Waals surface area contributed by atoms with Crippen LogP contribution in [-0.4, -0.2) is 20.2 Å². The van der Waals surface area contributed by atoms with Crippen LogP contribution in [0.1, 0.15) is 38.3 Å². The maximum Gasteiger partial charge on any atom is 0.118 e. The van der Waals surface area contributed by atoms with Crippen molar-refractivity contribution in [1.82, 2.24) is 5.32 Å². The highest BCUT2D eigenvalue weighted by Gasteiger charge is 2.11. The maximum absolute atomic E-state index is 5.85. The maximum atomic E-state index is 5.85. The summed E-state index contributed by atoms with van der Waals surface area (Å²) in [4.78, 5) is 0. The van der Waals surface area contributed by atoms with Gasteiger partial charge in [-0.2, -0.15) is 0 Å². The predicted molar refractivity (Wildman–Crippen MR) is 76.9 cm³/mol. The molecule has 0 saturated carbocycles. The number of hydrogen-bond acceptors (Lipinski definition) is 3. The zero-order chi connectivity index (χ0) is 13.4. The first-order chi connectivity index (χ1) is 8.74. The SMILES string of the molecule is CCC(CC)CNC(CN)c1ccc(OC)cc1. The van der Waals surface area contributed by atoms with Gasteiger partial charge in [0.15, 0.2) is 0 Å². The zero-order valence-corrected chi connectivity index (χ0v) is 11.8. The Morgan fingerprint density at radius 1 is 1.17 bits per heavy atom. The second kappa shape index (κ2) is 8.11. The molecular weight excluding hydrogens is 224 g/mol. The molecule has 0 heterocycles. The van der Waals surface area contributed by atoms with Crippen LogP contribution >= 0.6 is 0 Å². The van der Waals surface area contributed by atoms with E-state index in [9.17, 15) is 0 Å². The van der Waals surface area contributed by atoms with Gasteiger partial charge in [-0.05, 0) is 30.2 Å². The third-order valence-electron chi connectivity index (χ3n) is 3.56. The fourth-order valence-corrected chi connectivity index (χ4v) is 2.06. The molecule has 18 heavy (non-hydrogen) atoms. The van der Waals surface area contributed by atoms with Crippen LogP contribution in [0.2, 0.25) is 0 Å². The van der Waals surface area contributed by atoms with Crippen molar-refractivity contribution in [3.63, 3.8) is 0 Å². The van der Waals surface area contributed by atoms with Crippen molar-refractivity contribution in [2.45, 2.75) is 32.7 Å². The summed E-state index contributed by atoms with van der Waals surface area (Å²) in [7, 11) is 1.68. The number of benzene rings is 1. The van der Waals surface area contributed by atoms with Crippen LogP contribution in [-0.2, 0) is 0 Å². The van der Waals surface area contributed by atoms with Crippen LogP contribution in [0.15, 0.2) is 24.3 Å². The number of hydrogen-bond donors (Lipinski definition) is 2. The average Bonchev–Trinajstić information content (AvgIpc) is 2.44. The van der Waals surface area contributed by atoms with Crippen molar-refractivity contribution in [2.75, 3.05) is 20.2 Å². The predicted octanol–water partition coefficient (Wildman–Crippen LogP) is 2.72. The largest absolute Gasteiger partial charge is 0.497 e. The van der Waals surface area contributed by atoms with E-state index < -0.39 is 0 Å². The zero-order valence-electron chi connectivity index (χ0n) is 11.8. The number of rotatable bonds is 8. The summed E-state index contributed by atoms with van der Waals surface area (Å²) in [5.41, 5.74) is 7.08. The molecule has 0 spiro atoms. The van der Waals surface area contributed by atoms with Crippen LogP contribution < -0.4 is 15.8 Å². The van der Waals surface area contributed by atoms with E-state index >= 15 is 0 Å². The van der Waals surface area contributed by atoms with E-state index in [1.807, 2.05) is 12.1 Å². The van der Waals surface area contributed by atoms with Crippen molar-refractivity contribution in [2.24, 2.45) is 11.7 Å². The third kappa shape index (κ3) is 4.31. The van der Waals surface area contributed by atoms with E-state index in [1.54, 1.807) is 7.11 Å². The first-order valence-electron chi connectivity index (χ1n) is 6.82. The summed E-state index contributed by atoms with van der Waals surface area (Å²) in [6.45, 7) is 6.12. The van der Waals surface area contributed by atoms with Crippen molar-refractivity contribution in [1.29, 1.82) is 0 Å². The topological polar surface area (TPSA) is 47.3 Å². The Kier molecular flexibility index (Phi) is 6.76. The van der Waals surface area contributed by atoms with Gasteiger partial charge in [-0.1, -0.05) is 38.8 Å². The van der Waals surface area contributed by atoms with E-state index in [-0.39, 0.29) is 6.04 Å². The molecule has 0 saturated heterocycles. The molecule has 0 amide bonds. The van der Waals surface area contributed by atoms with Crippen LogP contribution in [0.4, 0.5) is 0 Å². The molecule has 1 aromatic carbocycles. The highest BCUT2D eigenvalue weighted by atomic mass is 16.5. The Labute approximate surface area is 111 Å². The molecule has 1 aromatic rings. The fourth-order valence-electron chi connectivity index (χ4n) is 2.06. The van der Waals surface area contributed by atoms with Gasteiger partial charge in [0.05, 0.1) is 7.11 Å². The Morgan fingerprint density at radius 3 is 2.22 bits per heavy atom. The molecule has 3 nitrogen and oxygen atoms in total. The number of nitrogens with one attached hydrogen (secondary N) is 1. The van der Waals surface area contributed by atoms with Crippen molar-refractivity contribution >= 4 is 0 Å². The Hall–Kier alpha value is -1.06. The van der Waals surface area contributed by atoms with Crippen molar-refractivity contribution in [3.8, 4) is 5.75 Å². The van der Waals surface area contributed by atoms with Gasteiger partial charge in [0.25, 0.3) is 0 Å². The molecule has 0 aliphatic rings. The standard InChI is InChI=1S/C15H26N2O/c1-4-12(5-2)11-17-15(10-16)13-6-8-14(18-3)9-7-13/h6-9,12,15,17H,4-5,10-11,16H2,1-3H3. The molecule has 1 atom stereocenters. The molecule has 0 aliphatic heterocycles. The molecule has 102 valence electrons. The van der Waals surface area contributed by atoms with Crippen LogP contribution in [0.25, 0.3) is 0 Å². The quantitative estimate of drug-likeness (QED) is 0.746. The van der Waals surface area contributed by atoms with E-state index in [0.717, 1.165) is 18.2 Å². The lowest BCUT2D eigenvalue weighted by atomic mass is 10.0. The second-order valence-electron chi connectivity index (χ2n) is 4.65. The molecule has 0 aromatic heterocycles. The molecule has 3 heteroatoms. The normalized spacial score (nSPS) is 12.7. The lowest BCUT2D eigenvalue weighted by Crippen LogP contribution is -2.32. The Bertz CT molecular complexity index is 320. The highest BCUT2D eigenvalue weighted by Crippen LogP contribution is 2.17. The summed E-state index contributed by atoms with van der Waals surface area (Å²) in [5.74, 6) is 1.62. The number of nitrogens with two attached hydrogens (primary N) is 1. The lowest BCUT2D eigenvalue weighted by molar-refractivity contribution is 0.409. The van der Waals surface area contributed by atoms with E-state index in [0.29, 0.717) is 6.54 Å². The summed E-state index contributed by atoms with van der Waals surface area (Å²) in [6.07, 6.45) is 2.42. The summed E-state index contributed by atoms with van der Waals surface area (Å²) in [6, 6.07) is 8.36. The van der Waals surface area contributed by atoms with Gasteiger partial charge in [0, 0.05) is 12.6 Å².